The van der Waals surface area contributed by atoms with Gasteiger partial charge in [-0.25, -0.2) is 0 Å². The van der Waals surface area contributed by atoms with Crippen molar-refractivity contribution in [3.8, 4) is 0 Å². The molecule has 1 aromatic heterocycles. The van der Waals surface area contributed by atoms with Gasteiger partial charge in [-0.2, -0.15) is 0 Å². The lowest BCUT2D eigenvalue weighted by Crippen LogP contribution is -2.02. The standard InChI is InChI=1S/C7H9N3O3/c1-2-3-9-5-8-7(10(12)13)6(9)4-11/h4-5H,2-3H2,1H3. The number of hydrogen-bond acceptors (Lipinski definition) is 4. The van der Waals surface area contributed by atoms with Gasteiger partial charge in [-0.1, -0.05) is 6.92 Å². The first kappa shape index (κ1) is 9.37. The van der Waals surface area contributed by atoms with Crippen molar-refractivity contribution in [3.63, 3.8) is 0 Å². The first-order valence-electron chi connectivity index (χ1n) is 3.85. The number of rotatable bonds is 4. The predicted molar refractivity (Wildman–Crippen MR) is 44.6 cm³/mol. The van der Waals surface area contributed by atoms with Crippen LogP contribution in [0.1, 0.15) is 23.8 Å². The SMILES string of the molecule is CCCn1cnc([N+](=O)[O-])c1C=O. The molecule has 13 heavy (non-hydrogen) atoms. The van der Waals surface area contributed by atoms with E-state index in [0.29, 0.717) is 12.8 Å². The molecule has 0 aliphatic heterocycles. The van der Waals surface area contributed by atoms with Crippen LogP contribution in [0.3, 0.4) is 0 Å². The minimum Gasteiger partial charge on any atom is -0.358 e. The van der Waals surface area contributed by atoms with Crippen LogP contribution >= 0.6 is 0 Å². The van der Waals surface area contributed by atoms with Crippen LogP contribution in [-0.2, 0) is 6.54 Å². The summed E-state index contributed by atoms with van der Waals surface area (Å²) in [5.41, 5.74) is 0.0341. The molecular formula is C7H9N3O3. The molecule has 1 rings (SSSR count). The lowest BCUT2D eigenvalue weighted by atomic mass is 10.4. The molecule has 0 unspecified atom stereocenters. The number of aldehydes is 1. The van der Waals surface area contributed by atoms with E-state index in [-0.39, 0.29) is 11.5 Å². The van der Waals surface area contributed by atoms with Crippen LogP contribution in [0.4, 0.5) is 5.82 Å². The molecule has 0 aliphatic carbocycles. The lowest BCUT2D eigenvalue weighted by Gasteiger charge is -1.97. The van der Waals surface area contributed by atoms with Gasteiger partial charge in [0.2, 0.25) is 6.33 Å². The molecular weight excluding hydrogens is 174 g/mol. The van der Waals surface area contributed by atoms with Crippen molar-refractivity contribution < 1.29 is 9.72 Å². The second-order valence-electron chi connectivity index (χ2n) is 2.52. The molecule has 0 aromatic carbocycles. The predicted octanol–water partition coefficient (Wildman–Crippen LogP) is 1.01. The van der Waals surface area contributed by atoms with Crippen molar-refractivity contribution in [2.45, 2.75) is 19.9 Å². The highest BCUT2D eigenvalue weighted by Gasteiger charge is 2.19. The van der Waals surface area contributed by atoms with Crippen LogP contribution in [-0.4, -0.2) is 20.8 Å². The Bertz CT molecular complexity index is 332. The fraction of sp³-hybridized carbons (Fsp3) is 0.429. The van der Waals surface area contributed by atoms with E-state index in [0.717, 1.165) is 6.42 Å². The summed E-state index contributed by atoms with van der Waals surface area (Å²) < 4.78 is 1.48. The van der Waals surface area contributed by atoms with Crippen LogP contribution in [0.2, 0.25) is 0 Å². The Labute approximate surface area is 74.3 Å². The van der Waals surface area contributed by atoms with Gasteiger partial charge in [-0.3, -0.25) is 4.79 Å². The normalized spacial score (nSPS) is 9.92. The zero-order valence-corrected chi connectivity index (χ0v) is 7.14. The largest absolute Gasteiger partial charge is 0.392 e. The van der Waals surface area contributed by atoms with Crippen LogP contribution < -0.4 is 0 Å². The summed E-state index contributed by atoms with van der Waals surface area (Å²) in [5.74, 6) is -0.372. The van der Waals surface area contributed by atoms with Crippen LogP contribution in [0, 0.1) is 10.1 Å². The first-order valence-corrected chi connectivity index (χ1v) is 3.85. The summed E-state index contributed by atoms with van der Waals surface area (Å²) in [6.07, 6.45) is 2.57. The molecule has 0 spiro atoms. The average molecular weight is 183 g/mol. The summed E-state index contributed by atoms with van der Waals surface area (Å²) >= 11 is 0. The van der Waals surface area contributed by atoms with Gasteiger partial charge in [0.15, 0.2) is 12.0 Å². The fourth-order valence-electron chi connectivity index (χ4n) is 1.06. The Balaban J connectivity index is 3.10. The van der Waals surface area contributed by atoms with Gasteiger partial charge in [-0.05, 0) is 16.3 Å². The van der Waals surface area contributed by atoms with E-state index in [9.17, 15) is 14.9 Å². The van der Waals surface area contributed by atoms with E-state index in [1.807, 2.05) is 6.92 Å². The van der Waals surface area contributed by atoms with Gasteiger partial charge in [0.05, 0.1) is 0 Å². The highest BCUT2D eigenvalue weighted by atomic mass is 16.6. The van der Waals surface area contributed by atoms with E-state index in [1.165, 1.54) is 10.9 Å². The number of aromatic nitrogens is 2. The molecule has 0 atom stereocenters. The molecule has 0 aliphatic rings. The first-order chi connectivity index (χ1) is 6.20. The molecule has 0 radical (unpaired) electrons. The maximum absolute atomic E-state index is 10.5. The highest BCUT2D eigenvalue weighted by molar-refractivity contribution is 5.77. The molecule has 0 amide bonds. The van der Waals surface area contributed by atoms with E-state index >= 15 is 0 Å². The molecule has 6 heteroatoms. The molecule has 0 bridgehead atoms. The summed E-state index contributed by atoms with van der Waals surface area (Å²) in [7, 11) is 0. The summed E-state index contributed by atoms with van der Waals surface area (Å²) in [5, 5.41) is 10.4. The maximum atomic E-state index is 10.5. The third-order valence-corrected chi connectivity index (χ3v) is 1.61. The quantitative estimate of drug-likeness (QED) is 0.396. The minimum atomic E-state index is -0.657. The fourth-order valence-corrected chi connectivity index (χ4v) is 1.06. The van der Waals surface area contributed by atoms with Gasteiger partial charge in [0, 0.05) is 6.54 Å². The van der Waals surface area contributed by atoms with Crippen molar-refractivity contribution in [3.05, 3.63) is 22.1 Å². The van der Waals surface area contributed by atoms with Gasteiger partial charge in [-0.15, -0.1) is 0 Å². The Hall–Kier alpha value is -1.72. The molecule has 0 N–H and O–H groups in total. The van der Waals surface area contributed by atoms with Crippen molar-refractivity contribution in [1.29, 1.82) is 0 Å². The Morgan fingerprint density at radius 2 is 2.46 bits per heavy atom. The number of aryl methyl sites for hydroxylation is 1. The highest BCUT2D eigenvalue weighted by Crippen LogP contribution is 2.13. The van der Waals surface area contributed by atoms with E-state index in [1.54, 1.807) is 0 Å². The summed E-state index contributed by atoms with van der Waals surface area (Å²) in [6, 6.07) is 0. The van der Waals surface area contributed by atoms with Crippen molar-refractivity contribution >= 4 is 12.1 Å². The minimum absolute atomic E-state index is 0.0341. The number of nitro groups is 1. The average Bonchev–Trinajstić information content (AvgIpc) is 2.48. The van der Waals surface area contributed by atoms with Crippen LogP contribution in [0.5, 0.6) is 0 Å². The van der Waals surface area contributed by atoms with Crippen molar-refractivity contribution in [1.82, 2.24) is 9.55 Å². The molecule has 0 saturated heterocycles. The van der Waals surface area contributed by atoms with Gasteiger partial charge in [0.25, 0.3) is 0 Å². The third kappa shape index (κ3) is 1.71. The van der Waals surface area contributed by atoms with Crippen LogP contribution in [0.15, 0.2) is 6.33 Å². The molecule has 1 aromatic rings. The van der Waals surface area contributed by atoms with Crippen LogP contribution in [0.25, 0.3) is 0 Å². The van der Waals surface area contributed by atoms with Gasteiger partial charge < -0.3 is 14.7 Å². The summed E-state index contributed by atoms with van der Waals surface area (Å²) in [6.45, 7) is 2.48. The van der Waals surface area contributed by atoms with Gasteiger partial charge in [0.1, 0.15) is 0 Å². The van der Waals surface area contributed by atoms with Crippen molar-refractivity contribution in [2.75, 3.05) is 0 Å². The molecule has 1 heterocycles. The number of nitrogens with zero attached hydrogens (tertiary/aromatic N) is 3. The van der Waals surface area contributed by atoms with E-state index < -0.39 is 4.92 Å². The second kappa shape index (κ2) is 3.79. The molecule has 0 saturated carbocycles. The monoisotopic (exact) mass is 183 g/mol. The van der Waals surface area contributed by atoms with E-state index in [2.05, 4.69) is 4.98 Å². The zero-order chi connectivity index (χ0) is 9.84. The molecule has 0 fully saturated rings. The van der Waals surface area contributed by atoms with E-state index in [4.69, 9.17) is 0 Å². The maximum Gasteiger partial charge on any atom is 0.392 e. The Morgan fingerprint density at radius 3 is 2.92 bits per heavy atom. The Morgan fingerprint density at radius 1 is 1.77 bits per heavy atom. The number of carbonyl (C=O) groups is 1. The lowest BCUT2D eigenvalue weighted by molar-refractivity contribution is -0.389. The number of carbonyl (C=O) groups excluding carboxylic acids is 1. The molecule has 6 nitrogen and oxygen atoms in total. The second-order valence-corrected chi connectivity index (χ2v) is 2.52. The van der Waals surface area contributed by atoms with Gasteiger partial charge >= 0.3 is 5.82 Å². The smallest absolute Gasteiger partial charge is 0.358 e. The number of imidazole rings is 1. The molecule has 70 valence electrons. The number of hydrogen-bond donors (Lipinski definition) is 0. The third-order valence-electron chi connectivity index (χ3n) is 1.61. The topological polar surface area (TPSA) is 78.0 Å². The Kier molecular flexibility index (Phi) is 2.73. The summed E-state index contributed by atoms with van der Waals surface area (Å²) in [4.78, 5) is 23.8. The zero-order valence-electron chi connectivity index (χ0n) is 7.14. The van der Waals surface area contributed by atoms with Crippen molar-refractivity contribution in [2.24, 2.45) is 0 Å².